The zero-order valence-electron chi connectivity index (χ0n) is 11.1. The van der Waals surface area contributed by atoms with Crippen molar-refractivity contribution in [3.8, 4) is 0 Å². The van der Waals surface area contributed by atoms with Gasteiger partial charge in [-0.25, -0.2) is 0 Å². The molecule has 0 aromatic carbocycles. The van der Waals surface area contributed by atoms with Crippen molar-refractivity contribution in [2.45, 2.75) is 51.1 Å². The smallest absolute Gasteiger partial charge is 0.401 e. The number of carbonyl (C=O) groups is 1. The van der Waals surface area contributed by atoms with E-state index in [4.69, 9.17) is 4.74 Å². The molecule has 19 heavy (non-hydrogen) atoms. The Bertz CT molecular complexity index is 261. The van der Waals surface area contributed by atoms with Crippen molar-refractivity contribution in [2.24, 2.45) is 5.92 Å². The van der Waals surface area contributed by atoms with Crippen molar-refractivity contribution in [2.75, 3.05) is 19.7 Å². The summed E-state index contributed by atoms with van der Waals surface area (Å²) in [5, 5.41) is 2.20. The van der Waals surface area contributed by atoms with Crippen molar-refractivity contribution in [3.05, 3.63) is 0 Å². The molecule has 0 saturated heterocycles. The molecule has 0 unspecified atom stereocenters. The summed E-state index contributed by atoms with van der Waals surface area (Å²) in [5.74, 6) is -0.321. The van der Waals surface area contributed by atoms with Gasteiger partial charge in [0, 0.05) is 6.54 Å². The molecular formula is C13H22F3NO2. The number of alkyl halides is 3. The van der Waals surface area contributed by atoms with E-state index in [0.29, 0.717) is 0 Å². The van der Waals surface area contributed by atoms with Crippen LogP contribution in [-0.4, -0.2) is 31.8 Å². The molecule has 1 rings (SSSR count). The van der Waals surface area contributed by atoms with Gasteiger partial charge >= 0.3 is 12.1 Å². The van der Waals surface area contributed by atoms with E-state index >= 15 is 0 Å². The third kappa shape index (κ3) is 8.08. The monoisotopic (exact) mass is 281 g/mol. The Kier molecular flexibility index (Phi) is 7.20. The lowest BCUT2D eigenvalue weighted by Gasteiger charge is -2.18. The molecule has 1 aliphatic carbocycles. The van der Waals surface area contributed by atoms with E-state index in [2.05, 4.69) is 5.32 Å². The summed E-state index contributed by atoms with van der Waals surface area (Å²) in [6, 6.07) is 0. The maximum absolute atomic E-state index is 11.8. The topological polar surface area (TPSA) is 38.3 Å². The Balaban J connectivity index is 2.12. The van der Waals surface area contributed by atoms with Crippen LogP contribution in [0.5, 0.6) is 0 Å². The quantitative estimate of drug-likeness (QED) is 0.622. The van der Waals surface area contributed by atoms with E-state index in [1.54, 1.807) is 0 Å². The number of rotatable bonds is 5. The molecule has 0 atom stereocenters. The van der Waals surface area contributed by atoms with Crippen LogP contribution in [0, 0.1) is 5.92 Å². The van der Waals surface area contributed by atoms with Crippen LogP contribution < -0.4 is 5.32 Å². The lowest BCUT2D eigenvalue weighted by molar-refractivity contribution is -0.149. The first kappa shape index (κ1) is 16.3. The highest BCUT2D eigenvalue weighted by atomic mass is 19.4. The first-order valence-electron chi connectivity index (χ1n) is 6.93. The van der Waals surface area contributed by atoms with Gasteiger partial charge in [0.1, 0.15) is 6.61 Å². The summed E-state index contributed by atoms with van der Waals surface area (Å²) in [6.45, 7) is -1.00. The highest BCUT2D eigenvalue weighted by molar-refractivity contribution is 5.72. The van der Waals surface area contributed by atoms with Crippen LogP contribution in [0.4, 0.5) is 13.2 Å². The summed E-state index contributed by atoms with van der Waals surface area (Å²) in [5.41, 5.74) is 0. The molecule has 3 nitrogen and oxygen atoms in total. The molecule has 0 aliphatic heterocycles. The van der Waals surface area contributed by atoms with Crippen LogP contribution in [0.25, 0.3) is 0 Å². The maximum atomic E-state index is 11.8. The van der Waals surface area contributed by atoms with Gasteiger partial charge in [0.15, 0.2) is 0 Å². The summed E-state index contributed by atoms with van der Waals surface area (Å²) < 4.78 is 40.6. The molecule has 112 valence electrons. The number of halogens is 3. The third-order valence-corrected chi connectivity index (χ3v) is 3.29. The van der Waals surface area contributed by atoms with Crippen molar-refractivity contribution in [1.29, 1.82) is 0 Å². The van der Waals surface area contributed by atoms with Gasteiger partial charge in [-0.2, -0.15) is 13.2 Å². The average molecular weight is 281 g/mol. The molecule has 1 fully saturated rings. The number of hydrogen-bond donors (Lipinski definition) is 1. The van der Waals surface area contributed by atoms with Gasteiger partial charge in [-0.3, -0.25) is 4.79 Å². The second kappa shape index (κ2) is 8.40. The van der Waals surface area contributed by atoms with Crippen molar-refractivity contribution >= 4 is 5.97 Å². The summed E-state index contributed by atoms with van der Waals surface area (Å²) in [6.07, 6.45) is 3.06. The first-order chi connectivity index (χ1) is 8.99. The van der Waals surface area contributed by atoms with E-state index in [1.165, 1.54) is 6.42 Å². The van der Waals surface area contributed by atoms with Crippen LogP contribution in [0.1, 0.15) is 44.9 Å². The van der Waals surface area contributed by atoms with E-state index in [9.17, 15) is 18.0 Å². The van der Waals surface area contributed by atoms with Crippen LogP contribution in [-0.2, 0) is 9.53 Å². The minimum absolute atomic E-state index is 0.00537. The van der Waals surface area contributed by atoms with Crippen molar-refractivity contribution < 1.29 is 22.7 Å². The summed E-state index contributed by atoms with van der Waals surface area (Å²) >= 11 is 0. The van der Waals surface area contributed by atoms with Gasteiger partial charge in [0.2, 0.25) is 0 Å². The molecule has 0 heterocycles. The van der Waals surface area contributed by atoms with Gasteiger partial charge in [0.25, 0.3) is 0 Å². The predicted octanol–water partition coefficient (Wildman–Crippen LogP) is 3.04. The highest BCUT2D eigenvalue weighted by Gasteiger charge is 2.26. The first-order valence-corrected chi connectivity index (χ1v) is 6.93. The maximum Gasteiger partial charge on any atom is 0.401 e. The van der Waals surface area contributed by atoms with E-state index in [1.807, 2.05) is 0 Å². The summed E-state index contributed by atoms with van der Waals surface area (Å²) in [4.78, 5) is 11.8. The minimum atomic E-state index is -4.22. The third-order valence-electron chi connectivity index (χ3n) is 3.29. The Morgan fingerprint density at radius 2 is 1.68 bits per heavy atom. The van der Waals surface area contributed by atoms with Crippen molar-refractivity contribution in [3.63, 3.8) is 0 Å². The van der Waals surface area contributed by atoms with Gasteiger partial charge in [-0.15, -0.1) is 0 Å². The molecule has 0 aromatic rings. The van der Waals surface area contributed by atoms with E-state index < -0.39 is 12.7 Å². The Hall–Kier alpha value is -0.780. The number of ether oxygens (including phenoxy) is 1. The molecule has 1 saturated carbocycles. The summed E-state index contributed by atoms with van der Waals surface area (Å²) in [7, 11) is 0. The Morgan fingerprint density at radius 1 is 1.11 bits per heavy atom. The second-order valence-electron chi connectivity index (χ2n) is 5.00. The molecule has 0 amide bonds. The normalized spacial score (nSPS) is 18.7. The van der Waals surface area contributed by atoms with Crippen molar-refractivity contribution in [1.82, 2.24) is 5.32 Å². The highest BCUT2D eigenvalue weighted by Crippen LogP contribution is 2.23. The van der Waals surface area contributed by atoms with Crippen LogP contribution in [0.15, 0.2) is 0 Å². The van der Waals surface area contributed by atoms with Crippen LogP contribution >= 0.6 is 0 Å². The van der Waals surface area contributed by atoms with Gasteiger partial charge in [0.05, 0.1) is 12.5 Å². The number of esters is 1. The van der Waals surface area contributed by atoms with Gasteiger partial charge in [-0.05, 0) is 12.8 Å². The number of carbonyl (C=O) groups excluding carboxylic acids is 1. The van der Waals surface area contributed by atoms with Crippen LogP contribution in [0.3, 0.4) is 0 Å². The lowest BCUT2D eigenvalue weighted by atomic mass is 9.91. The molecule has 0 aromatic heterocycles. The molecule has 0 radical (unpaired) electrons. The largest absolute Gasteiger partial charge is 0.464 e. The molecule has 6 heteroatoms. The molecule has 0 bridgehead atoms. The van der Waals surface area contributed by atoms with E-state index in [-0.39, 0.29) is 25.0 Å². The zero-order valence-corrected chi connectivity index (χ0v) is 11.1. The fraction of sp³-hybridized carbons (Fsp3) is 0.923. The number of hydrogen-bond acceptors (Lipinski definition) is 3. The molecule has 1 aliphatic rings. The second-order valence-corrected chi connectivity index (χ2v) is 5.00. The van der Waals surface area contributed by atoms with Crippen LogP contribution in [0.2, 0.25) is 0 Å². The standard InChI is InChI=1S/C13H22F3NO2/c14-13(15,16)10-17-8-9-19-12(18)11-6-4-2-1-3-5-7-11/h11,17H,1-10H2. The lowest BCUT2D eigenvalue weighted by Crippen LogP contribution is -2.32. The number of nitrogens with one attached hydrogen (secondary N) is 1. The fourth-order valence-electron chi connectivity index (χ4n) is 2.26. The van der Waals surface area contributed by atoms with Gasteiger partial charge < -0.3 is 10.1 Å². The Labute approximate surface area is 111 Å². The molecule has 1 N–H and O–H groups in total. The zero-order chi connectivity index (χ0) is 14.1. The average Bonchev–Trinajstić information content (AvgIpc) is 2.26. The van der Waals surface area contributed by atoms with Gasteiger partial charge in [-0.1, -0.05) is 32.1 Å². The molecule has 0 spiro atoms. The van der Waals surface area contributed by atoms with E-state index in [0.717, 1.165) is 38.5 Å². The minimum Gasteiger partial charge on any atom is -0.464 e. The fourth-order valence-corrected chi connectivity index (χ4v) is 2.26. The molecular weight excluding hydrogens is 259 g/mol. The SMILES string of the molecule is O=C(OCCNCC(F)(F)F)C1CCCCCCC1. The predicted molar refractivity (Wildman–Crippen MR) is 65.7 cm³/mol. The Morgan fingerprint density at radius 3 is 2.26 bits per heavy atom.